The van der Waals surface area contributed by atoms with Crippen LogP contribution < -0.4 is 4.31 Å². The molecule has 1 aromatic heterocycles. The van der Waals surface area contributed by atoms with Crippen molar-refractivity contribution in [2.45, 2.75) is 56.6 Å². The lowest BCUT2D eigenvalue weighted by molar-refractivity contribution is 0.0574. The zero-order valence-corrected chi connectivity index (χ0v) is 23.1. The van der Waals surface area contributed by atoms with Crippen LogP contribution >= 0.6 is 0 Å². The van der Waals surface area contributed by atoms with Crippen molar-refractivity contribution < 1.29 is 21.2 Å². The zero-order valence-electron chi connectivity index (χ0n) is 21.5. The molecule has 1 fully saturated rings. The van der Waals surface area contributed by atoms with E-state index in [9.17, 15) is 21.2 Å². The number of anilines is 1. The Morgan fingerprint density at radius 2 is 1.78 bits per heavy atom. The van der Waals surface area contributed by atoms with Crippen molar-refractivity contribution in [2.75, 3.05) is 30.2 Å². The number of H-pyrrole nitrogens is 1. The second-order valence-corrected chi connectivity index (χ2v) is 14.0. The van der Waals surface area contributed by atoms with Gasteiger partial charge in [0, 0.05) is 54.6 Å². The van der Waals surface area contributed by atoms with E-state index in [2.05, 4.69) is 9.88 Å². The molecule has 1 atom stereocenters. The number of benzene rings is 2. The van der Waals surface area contributed by atoms with Crippen molar-refractivity contribution in [3.63, 3.8) is 0 Å². The lowest BCUT2D eigenvalue weighted by Crippen LogP contribution is -2.57. The molecular weight excluding hydrogens is 515 g/mol. The molecule has 2 aliphatic heterocycles. The highest BCUT2D eigenvalue weighted by Crippen LogP contribution is 2.45. The molecule has 3 aromatic rings. The Morgan fingerprint density at radius 1 is 1.08 bits per heavy atom. The summed E-state index contributed by atoms with van der Waals surface area (Å²) in [6.07, 6.45) is 4.10. The van der Waals surface area contributed by atoms with Crippen molar-refractivity contribution in [3.8, 4) is 0 Å². The number of piperidine rings is 1. The molecule has 11 heteroatoms. The van der Waals surface area contributed by atoms with Gasteiger partial charge in [-0.05, 0) is 81.5 Å². The molecule has 200 valence electrons. The summed E-state index contributed by atoms with van der Waals surface area (Å²) in [4.78, 5) is 5.51. The van der Waals surface area contributed by atoms with E-state index in [1.165, 1.54) is 33.1 Å². The van der Waals surface area contributed by atoms with Crippen LogP contribution in [0.15, 0.2) is 47.5 Å². The summed E-state index contributed by atoms with van der Waals surface area (Å²) >= 11 is 0. The quantitative estimate of drug-likeness (QED) is 0.511. The Bertz CT molecular complexity index is 1540. The van der Waals surface area contributed by atoms with Crippen LogP contribution in [0.5, 0.6) is 0 Å². The standard InChI is InChI=1S/C26H33FN4O4S2/c1-5-30-25-9-7-20(36(4,32)33)15-22(25)26(31(17(2)3)37(30,34)35)29-12-10-18(11-13-29)23-16-28-24-14-19(27)6-8-21(23)24/h6-9,14-18,26,28H,5,10-13H2,1-4H3. The van der Waals surface area contributed by atoms with Crippen molar-refractivity contribution in [3.05, 3.63) is 59.5 Å². The average molecular weight is 549 g/mol. The fourth-order valence-electron chi connectivity index (χ4n) is 5.85. The molecule has 0 amide bonds. The van der Waals surface area contributed by atoms with Gasteiger partial charge >= 0.3 is 10.2 Å². The molecule has 1 N–H and O–H groups in total. The van der Waals surface area contributed by atoms with Crippen molar-refractivity contribution >= 4 is 36.6 Å². The monoisotopic (exact) mass is 548 g/mol. The van der Waals surface area contributed by atoms with Crippen LogP contribution in [0, 0.1) is 5.82 Å². The second-order valence-electron chi connectivity index (χ2n) is 10.2. The molecular formula is C26H33FN4O4S2. The van der Waals surface area contributed by atoms with E-state index >= 15 is 0 Å². The third kappa shape index (κ3) is 4.45. The van der Waals surface area contributed by atoms with Crippen LogP contribution in [0.1, 0.15) is 56.8 Å². The first-order chi connectivity index (χ1) is 17.4. The van der Waals surface area contributed by atoms with E-state index in [4.69, 9.17) is 0 Å². The van der Waals surface area contributed by atoms with Gasteiger partial charge in [-0.3, -0.25) is 9.21 Å². The van der Waals surface area contributed by atoms with E-state index in [-0.39, 0.29) is 29.2 Å². The van der Waals surface area contributed by atoms with Gasteiger partial charge in [0.05, 0.1) is 10.6 Å². The second kappa shape index (κ2) is 9.37. The van der Waals surface area contributed by atoms with Gasteiger partial charge in [-0.2, -0.15) is 12.7 Å². The summed E-state index contributed by atoms with van der Waals surface area (Å²) in [5.41, 5.74) is 3.12. The van der Waals surface area contributed by atoms with E-state index in [1.807, 2.05) is 20.0 Å². The number of hydrogen-bond acceptors (Lipinski definition) is 5. The van der Waals surface area contributed by atoms with Gasteiger partial charge in [0.1, 0.15) is 12.0 Å². The van der Waals surface area contributed by atoms with Gasteiger partial charge in [-0.1, -0.05) is 0 Å². The third-order valence-electron chi connectivity index (χ3n) is 7.55. The summed E-state index contributed by atoms with van der Waals surface area (Å²) in [6, 6.07) is 9.19. The van der Waals surface area contributed by atoms with Crippen LogP contribution in [0.2, 0.25) is 0 Å². The van der Waals surface area contributed by atoms with Gasteiger partial charge < -0.3 is 4.98 Å². The molecule has 2 aromatic carbocycles. The van der Waals surface area contributed by atoms with Crippen LogP contribution in [-0.2, 0) is 20.0 Å². The Morgan fingerprint density at radius 3 is 2.41 bits per heavy atom. The first-order valence-electron chi connectivity index (χ1n) is 12.6. The van der Waals surface area contributed by atoms with E-state index < -0.39 is 26.2 Å². The minimum absolute atomic E-state index is 0.177. The summed E-state index contributed by atoms with van der Waals surface area (Å²) in [5, 5.41) is 1.01. The summed E-state index contributed by atoms with van der Waals surface area (Å²) in [7, 11) is -7.31. The molecule has 1 saturated heterocycles. The molecule has 0 radical (unpaired) electrons. The predicted octanol–water partition coefficient (Wildman–Crippen LogP) is 4.38. The highest BCUT2D eigenvalue weighted by atomic mass is 32.2. The lowest BCUT2D eigenvalue weighted by atomic mass is 9.88. The Kier molecular flexibility index (Phi) is 6.62. The smallest absolute Gasteiger partial charge is 0.305 e. The molecule has 8 nitrogen and oxygen atoms in total. The van der Waals surface area contributed by atoms with Gasteiger partial charge in [0.2, 0.25) is 0 Å². The zero-order chi connectivity index (χ0) is 26.7. The molecule has 0 saturated carbocycles. The molecule has 0 aliphatic carbocycles. The Labute approximate surface area is 218 Å². The maximum atomic E-state index is 13.8. The van der Waals surface area contributed by atoms with Crippen molar-refractivity contribution in [1.29, 1.82) is 0 Å². The highest BCUT2D eigenvalue weighted by molar-refractivity contribution is 7.91. The first-order valence-corrected chi connectivity index (χ1v) is 15.9. The van der Waals surface area contributed by atoms with Crippen LogP contribution in [-0.4, -0.2) is 63.0 Å². The van der Waals surface area contributed by atoms with E-state index in [1.54, 1.807) is 25.1 Å². The molecule has 3 heterocycles. The van der Waals surface area contributed by atoms with Crippen LogP contribution in [0.4, 0.5) is 10.1 Å². The van der Waals surface area contributed by atoms with Gasteiger partial charge in [0.25, 0.3) is 0 Å². The predicted molar refractivity (Wildman–Crippen MR) is 143 cm³/mol. The van der Waals surface area contributed by atoms with Gasteiger partial charge in [-0.15, -0.1) is 0 Å². The van der Waals surface area contributed by atoms with Gasteiger partial charge in [-0.25, -0.2) is 12.8 Å². The topological polar surface area (TPSA) is 93.8 Å². The minimum Gasteiger partial charge on any atom is -0.361 e. The molecule has 2 aliphatic rings. The van der Waals surface area contributed by atoms with E-state index in [0.717, 1.165) is 29.3 Å². The molecule has 37 heavy (non-hydrogen) atoms. The normalized spacial score (nSPS) is 21.6. The Balaban J connectivity index is 1.53. The number of aromatic nitrogens is 1. The highest BCUT2D eigenvalue weighted by Gasteiger charge is 2.47. The fraction of sp³-hybridized carbons (Fsp3) is 0.462. The van der Waals surface area contributed by atoms with Crippen molar-refractivity contribution in [1.82, 2.24) is 14.2 Å². The fourth-order valence-corrected chi connectivity index (χ4v) is 8.51. The summed E-state index contributed by atoms with van der Waals surface area (Å²) in [6.45, 7) is 6.99. The minimum atomic E-state index is -3.83. The van der Waals surface area contributed by atoms with Crippen LogP contribution in [0.25, 0.3) is 10.9 Å². The largest absolute Gasteiger partial charge is 0.361 e. The SMILES string of the molecule is CCN1c2ccc(S(C)(=O)=O)cc2C(N2CCC(c3c[nH]c4cc(F)ccc34)CC2)N(C(C)C)S1(=O)=O. The van der Waals surface area contributed by atoms with Gasteiger partial charge in [0.15, 0.2) is 9.84 Å². The number of halogens is 1. The Hall–Kier alpha value is -2.47. The maximum Gasteiger partial charge on any atom is 0.305 e. The van der Waals surface area contributed by atoms with E-state index in [0.29, 0.717) is 24.3 Å². The molecule has 5 rings (SSSR count). The lowest BCUT2D eigenvalue weighted by Gasteiger charge is -2.49. The number of aromatic amines is 1. The number of rotatable bonds is 5. The average Bonchev–Trinajstić information content (AvgIpc) is 3.25. The molecule has 0 spiro atoms. The summed E-state index contributed by atoms with van der Waals surface area (Å²) < 4.78 is 68.9. The maximum absolute atomic E-state index is 13.8. The van der Waals surface area contributed by atoms with Crippen molar-refractivity contribution in [2.24, 2.45) is 0 Å². The number of sulfone groups is 1. The number of likely N-dealkylation sites (tertiary alicyclic amines) is 1. The summed E-state index contributed by atoms with van der Waals surface area (Å²) in [5.74, 6) is -0.0339. The third-order valence-corrected chi connectivity index (χ3v) is 10.8. The molecule has 0 bridgehead atoms. The number of nitrogens with one attached hydrogen (secondary N) is 1. The number of fused-ring (bicyclic) bond motifs is 2. The molecule has 1 unspecified atom stereocenters. The number of hydrogen-bond donors (Lipinski definition) is 1. The first kappa shape index (κ1) is 26.1. The van der Waals surface area contributed by atoms with Crippen LogP contribution in [0.3, 0.4) is 0 Å². The number of nitrogens with zero attached hydrogens (tertiary/aromatic N) is 3.